The van der Waals surface area contributed by atoms with Crippen LogP contribution in [0.4, 0.5) is 4.79 Å². The van der Waals surface area contributed by atoms with Crippen molar-refractivity contribution in [1.82, 2.24) is 10.2 Å². The van der Waals surface area contributed by atoms with Crippen molar-refractivity contribution in [3.8, 4) is 11.1 Å². The average Bonchev–Trinajstić information content (AvgIpc) is 3.39. The van der Waals surface area contributed by atoms with Gasteiger partial charge in [0.2, 0.25) is 0 Å². The normalized spacial score (nSPS) is 20.8. The summed E-state index contributed by atoms with van der Waals surface area (Å²) in [6.07, 6.45) is -1.65. The van der Waals surface area contributed by atoms with Crippen LogP contribution in [0.5, 0.6) is 0 Å². The molecule has 1 unspecified atom stereocenters. The van der Waals surface area contributed by atoms with Crippen LogP contribution < -0.4 is 5.32 Å². The molecule has 1 amide bonds. The molecular weight excluding hydrogens is 572 g/mol. The predicted octanol–water partition coefficient (Wildman–Crippen LogP) is 4.60. The van der Waals surface area contributed by atoms with Gasteiger partial charge in [0.25, 0.3) is 0 Å². The molecule has 4 N–H and O–H groups in total. The highest BCUT2D eigenvalue weighted by Gasteiger charge is 2.39. The van der Waals surface area contributed by atoms with Crippen LogP contribution in [-0.4, -0.2) is 90.1 Å². The Balaban J connectivity index is 1.12. The summed E-state index contributed by atoms with van der Waals surface area (Å²) < 4.78 is 17.2. The van der Waals surface area contributed by atoms with Crippen molar-refractivity contribution in [3.63, 3.8) is 0 Å². The van der Waals surface area contributed by atoms with Gasteiger partial charge in [0, 0.05) is 31.1 Å². The highest BCUT2D eigenvalue weighted by atomic mass is 16.7. The number of hydrogen-bond donors (Lipinski definition) is 4. The van der Waals surface area contributed by atoms with Crippen molar-refractivity contribution >= 4 is 6.09 Å². The summed E-state index contributed by atoms with van der Waals surface area (Å²) in [6.45, 7) is 4.01. The molecule has 1 saturated heterocycles. The second kappa shape index (κ2) is 16.3. The Kier molecular flexibility index (Phi) is 12.0. The number of aliphatic hydroxyl groups is 3. The molecule has 242 valence electrons. The summed E-state index contributed by atoms with van der Waals surface area (Å²) >= 11 is 0. The fourth-order valence-corrected chi connectivity index (χ4v) is 6.26. The van der Waals surface area contributed by atoms with Gasteiger partial charge in [-0.1, -0.05) is 105 Å². The lowest BCUT2D eigenvalue weighted by Crippen LogP contribution is -2.54. The number of alkyl carbamates (subject to hydrolysis) is 1. The molecule has 5 atom stereocenters. The third-order valence-electron chi connectivity index (χ3n) is 8.70. The van der Waals surface area contributed by atoms with Crippen LogP contribution in [0.15, 0.2) is 78.9 Å². The maximum absolute atomic E-state index is 12.7. The SMILES string of the molecule is CCCCCCN(CCNC(=O)OCC1c2ccccc2-c2ccccc21)C[C@H](O)[C@@H](O)[C@@H]1OC(c2ccccc2)OC[C@H]1O. The van der Waals surface area contributed by atoms with Crippen LogP contribution in [0.2, 0.25) is 0 Å². The predicted molar refractivity (Wildman–Crippen MR) is 172 cm³/mol. The number of carbonyl (C=O) groups is 1. The highest BCUT2D eigenvalue weighted by molar-refractivity contribution is 5.79. The van der Waals surface area contributed by atoms with Gasteiger partial charge in [0.05, 0.1) is 12.7 Å². The van der Waals surface area contributed by atoms with Crippen molar-refractivity contribution in [2.24, 2.45) is 0 Å². The number of ether oxygens (including phenoxy) is 3. The summed E-state index contributed by atoms with van der Waals surface area (Å²) in [5.74, 6) is -0.0147. The van der Waals surface area contributed by atoms with Crippen molar-refractivity contribution in [3.05, 3.63) is 95.6 Å². The summed E-state index contributed by atoms with van der Waals surface area (Å²) in [6, 6.07) is 25.8. The minimum Gasteiger partial charge on any atom is -0.449 e. The van der Waals surface area contributed by atoms with E-state index in [9.17, 15) is 20.1 Å². The number of rotatable bonds is 15. The lowest BCUT2D eigenvalue weighted by molar-refractivity contribution is -0.283. The van der Waals surface area contributed by atoms with E-state index in [2.05, 4.69) is 36.5 Å². The smallest absolute Gasteiger partial charge is 0.407 e. The molecule has 3 aromatic rings. The molecule has 9 nitrogen and oxygen atoms in total. The van der Waals surface area contributed by atoms with Gasteiger partial charge in [0.1, 0.15) is 24.9 Å². The zero-order valence-corrected chi connectivity index (χ0v) is 26.0. The molecule has 45 heavy (non-hydrogen) atoms. The molecular formula is C36H46N2O7. The first kappa shape index (κ1) is 33.1. The fourth-order valence-electron chi connectivity index (χ4n) is 6.26. The topological polar surface area (TPSA) is 121 Å². The average molecular weight is 619 g/mol. The first-order valence-electron chi connectivity index (χ1n) is 16.1. The molecule has 0 saturated carbocycles. The fraction of sp³-hybridized carbons (Fsp3) is 0.472. The third kappa shape index (κ3) is 8.49. The first-order chi connectivity index (χ1) is 22.0. The lowest BCUT2D eigenvalue weighted by Gasteiger charge is -2.38. The zero-order chi connectivity index (χ0) is 31.6. The molecule has 0 aromatic heterocycles. The molecule has 0 bridgehead atoms. The van der Waals surface area contributed by atoms with Gasteiger partial charge in [-0.15, -0.1) is 0 Å². The Morgan fingerprint density at radius 1 is 0.933 bits per heavy atom. The van der Waals surface area contributed by atoms with E-state index in [1.807, 2.05) is 59.5 Å². The molecule has 1 aliphatic heterocycles. The van der Waals surface area contributed by atoms with E-state index >= 15 is 0 Å². The van der Waals surface area contributed by atoms with Crippen molar-refractivity contribution in [1.29, 1.82) is 0 Å². The number of unbranched alkanes of at least 4 members (excludes halogenated alkanes) is 3. The van der Waals surface area contributed by atoms with Crippen LogP contribution in [0.1, 0.15) is 61.5 Å². The number of benzene rings is 3. The van der Waals surface area contributed by atoms with Crippen LogP contribution in [0.25, 0.3) is 11.1 Å². The van der Waals surface area contributed by atoms with Crippen molar-refractivity contribution < 1.29 is 34.3 Å². The summed E-state index contributed by atoms with van der Waals surface area (Å²) in [5.41, 5.74) is 5.44. The second-order valence-electron chi connectivity index (χ2n) is 11.9. The molecule has 1 aliphatic carbocycles. The lowest BCUT2D eigenvalue weighted by atomic mass is 9.98. The second-order valence-corrected chi connectivity index (χ2v) is 11.9. The van der Waals surface area contributed by atoms with Gasteiger partial charge in [0.15, 0.2) is 6.29 Å². The monoisotopic (exact) mass is 618 g/mol. The Bertz CT molecular complexity index is 1310. The summed E-state index contributed by atoms with van der Waals surface area (Å²) in [5, 5.41) is 35.5. The number of aliphatic hydroxyl groups excluding tert-OH is 3. The standard InChI is InChI=1S/C36H46N2O7/c1-2-3-4-12-20-38(22-31(39)33(41)34-32(40)24-43-35(45-34)25-13-6-5-7-14-25)21-19-37-36(42)44-23-30-28-17-10-8-15-26(28)27-16-9-11-18-29(27)30/h5-11,13-18,30-35,39-41H,2-4,12,19-24H2,1H3,(H,37,42)/t31-,32+,33+,34+,35?/m0/s1. The number of hydrogen-bond acceptors (Lipinski definition) is 8. The molecule has 3 aromatic carbocycles. The molecule has 5 rings (SSSR count). The van der Waals surface area contributed by atoms with Gasteiger partial charge < -0.3 is 34.8 Å². The van der Waals surface area contributed by atoms with Gasteiger partial charge in [-0.2, -0.15) is 0 Å². The molecule has 1 fully saturated rings. The Hall–Kier alpha value is -3.31. The van der Waals surface area contributed by atoms with Crippen LogP contribution in [0, 0.1) is 0 Å². The zero-order valence-electron chi connectivity index (χ0n) is 26.0. The number of fused-ring (bicyclic) bond motifs is 3. The molecule has 9 heteroatoms. The first-order valence-corrected chi connectivity index (χ1v) is 16.1. The van der Waals surface area contributed by atoms with Crippen molar-refractivity contribution in [2.75, 3.05) is 39.4 Å². The van der Waals surface area contributed by atoms with E-state index in [0.717, 1.165) is 42.4 Å². The van der Waals surface area contributed by atoms with Crippen molar-refractivity contribution in [2.45, 2.75) is 69.2 Å². The van der Waals surface area contributed by atoms with Crippen LogP contribution in [0.3, 0.4) is 0 Å². The van der Waals surface area contributed by atoms with Crippen LogP contribution in [-0.2, 0) is 14.2 Å². The largest absolute Gasteiger partial charge is 0.449 e. The Morgan fingerprint density at radius 2 is 1.60 bits per heavy atom. The molecule has 0 radical (unpaired) electrons. The van der Waals surface area contributed by atoms with E-state index in [4.69, 9.17) is 14.2 Å². The maximum Gasteiger partial charge on any atom is 0.407 e. The summed E-state index contributed by atoms with van der Waals surface area (Å²) in [4.78, 5) is 14.7. The number of amides is 1. The van der Waals surface area contributed by atoms with Gasteiger partial charge in [-0.05, 0) is 35.2 Å². The highest BCUT2D eigenvalue weighted by Crippen LogP contribution is 2.44. The molecule has 2 aliphatic rings. The quantitative estimate of drug-likeness (QED) is 0.183. The van der Waals surface area contributed by atoms with Crippen LogP contribution >= 0.6 is 0 Å². The minimum absolute atomic E-state index is 0.0147. The van der Waals surface area contributed by atoms with Gasteiger partial charge in [-0.25, -0.2) is 4.79 Å². The van der Waals surface area contributed by atoms with E-state index in [1.165, 1.54) is 11.1 Å². The third-order valence-corrected chi connectivity index (χ3v) is 8.70. The number of nitrogens with zero attached hydrogens (tertiary/aromatic N) is 1. The number of carbonyl (C=O) groups excluding carboxylic acids is 1. The van der Waals surface area contributed by atoms with E-state index in [1.54, 1.807) is 0 Å². The summed E-state index contributed by atoms with van der Waals surface area (Å²) in [7, 11) is 0. The van der Waals surface area contributed by atoms with Gasteiger partial charge in [-0.3, -0.25) is 4.90 Å². The molecule has 0 spiro atoms. The Labute approximate surface area is 265 Å². The maximum atomic E-state index is 12.7. The van der Waals surface area contributed by atoms with E-state index in [-0.39, 0.29) is 25.7 Å². The Morgan fingerprint density at radius 3 is 2.29 bits per heavy atom. The molecule has 1 heterocycles. The number of nitrogens with one attached hydrogen (secondary N) is 1. The minimum atomic E-state index is -1.33. The van der Waals surface area contributed by atoms with E-state index in [0.29, 0.717) is 19.6 Å². The van der Waals surface area contributed by atoms with E-state index < -0.39 is 36.8 Å². The van der Waals surface area contributed by atoms with Gasteiger partial charge >= 0.3 is 6.09 Å².